The molecule has 0 fully saturated rings. The Hall–Kier alpha value is -0.790. The molecule has 0 bridgehead atoms. The van der Waals surface area contributed by atoms with Crippen LogP contribution in [0, 0.1) is 6.92 Å². The maximum absolute atomic E-state index is 4.72. The van der Waals surface area contributed by atoms with Gasteiger partial charge in [-0.3, -0.25) is 0 Å². The standard InChI is InChI=1S/C4H5NO.C2H6/c1-4-2-5-3-6-4;1-2/h2-3H,1H3;1-2H3. The molecule has 0 aromatic carbocycles. The van der Waals surface area contributed by atoms with Crippen molar-refractivity contribution in [2.45, 2.75) is 20.8 Å². The van der Waals surface area contributed by atoms with E-state index in [-0.39, 0.29) is 0 Å². The molecule has 0 atom stereocenters. The molecule has 0 amide bonds. The van der Waals surface area contributed by atoms with Crippen LogP contribution in [0.4, 0.5) is 0 Å². The lowest BCUT2D eigenvalue weighted by Crippen LogP contribution is -1.50. The van der Waals surface area contributed by atoms with Crippen molar-refractivity contribution in [3.05, 3.63) is 18.4 Å². The first-order valence-electron chi connectivity index (χ1n) is 2.74. The van der Waals surface area contributed by atoms with Gasteiger partial charge in [0.05, 0.1) is 6.20 Å². The Balaban J connectivity index is 0.000000222. The van der Waals surface area contributed by atoms with Gasteiger partial charge in [0.1, 0.15) is 5.76 Å². The molecule has 0 unspecified atom stereocenters. The van der Waals surface area contributed by atoms with Crippen molar-refractivity contribution in [3.63, 3.8) is 0 Å². The summed E-state index contributed by atoms with van der Waals surface area (Å²) >= 11 is 0. The Kier molecular flexibility index (Phi) is 3.94. The summed E-state index contributed by atoms with van der Waals surface area (Å²) in [4.78, 5) is 3.66. The highest BCUT2D eigenvalue weighted by Crippen LogP contribution is 1.88. The Morgan fingerprint density at radius 1 is 1.50 bits per heavy atom. The highest BCUT2D eigenvalue weighted by atomic mass is 16.3. The topological polar surface area (TPSA) is 26.0 Å². The van der Waals surface area contributed by atoms with Crippen molar-refractivity contribution in [2.75, 3.05) is 0 Å². The molecule has 1 aromatic rings. The lowest BCUT2D eigenvalue weighted by molar-refractivity contribution is 0.527. The molecule has 0 saturated carbocycles. The molecule has 2 nitrogen and oxygen atoms in total. The van der Waals surface area contributed by atoms with Crippen molar-refractivity contribution in [1.82, 2.24) is 4.98 Å². The van der Waals surface area contributed by atoms with Crippen molar-refractivity contribution < 1.29 is 4.42 Å². The number of aryl methyl sites for hydroxylation is 1. The van der Waals surface area contributed by atoms with Crippen molar-refractivity contribution in [2.24, 2.45) is 0 Å². The van der Waals surface area contributed by atoms with Crippen molar-refractivity contribution >= 4 is 0 Å². The van der Waals surface area contributed by atoms with E-state index >= 15 is 0 Å². The number of rotatable bonds is 0. The number of oxazole rings is 1. The van der Waals surface area contributed by atoms with Gasteiger partial charge >= 0.3 is 0 Å². The molecule has 0 radical (unpaired) electrons. The number of nitrogens with zero attached hydrogens (tertiary/aromatic N) is 1. The summed E-state index contributed by atoms with van der Waals surface area (Å²) in [5, 5.41) is 0. The van der Waals surface area contributed by atoms with Crippen LogP contribution in [0.1, 0.15) is 19.6 Å². The third-order valence-corrected chi connectivity index (χ3v) is 0.556. The minimum absolute atomic E-state index is 0.856. The second-order valence-electron chi connectivity index (χ2n) is 1.11. The summed E-state index contributed by atoms with van der Waals surface area (Å²) in [6.45, 7) is 5.85. The molecule has 1 rings (SSSR count). The van der Waals surface area contributed by atoms with E-state index in [0.29, 0.717) is 0 Å². The minimum atomic E-state index is 0.856. The number of hydrogen-bond donors (Lipinski definition) is 0. The van der Waals surface area contributed by atoms with E-state index in [0.717, 1.165) is 5.76 Å². The first-order valence-corrected chi connectivity index (χ1v) is 2.74. The van der Waals surface area contributed by atoms with E-state index in [1.165, 1.54) is 6.39 Å². The fourth-order valence-corrected chi connectivity index (χ4v) is 0.279. The summed E-state index contributed by atoms with van der Waals surface area (Å²) < 4.78 is 4.72. The first-order chi connectivity index (χ1) is 3.89. The van der Waals surface area contributed by atoms with Crippen LogP contribution >= 0.6 is 0 Å². The zero-order chi connectivity index (χ0) is 6.41. The largest absolute Gasteiger partial charge is 0.449 e. The monoisotopic (exact) mass is 113 g/mol. The lowest BCUT2D eigenvalue weighted by atomic mass is 10.6. The average Bonchev–Trinajstić information content (AvgIpc) is 2.24. The second kappa shape index (κ2) is 4.37. The predicted molar refractivity (Wildman–Crippen MR) is 32.6 cm³/mol. The molecule has 46 valence electrons. The van der Waals surface area contributed by atoms with Crippen molar-refractivity contribution in [1.29, 1.82) is 0 Å². The third kappa shape index (κ3) is 2.39. The van der Waals surface area contributed by atoms with Gasteiger partial charge in [-0.1, -0.05) is 13.8 Å². The van der Waals surface area contributed by atoms with Gasteiger partial charge in [-0.2, -0.15) is 0 Å². The molecule has 0 aliphatic heterocycles. The van der Waals surface area contributed by atoms with E-state index in [9.17, 15) is 0 Å². The minimum Gasteiger partial charge on any atom is -0.449 e. The Labute approximate surface area is 49.5 Å². The highest BCUT2D eigenvalue weighted by Gasteiger charge is 1.77. The SMILES string of the molecule is CC.Cc1cnco1. The molecule has 0 N–H and O–H groups in total. The number of aromatic nitrogens is 1. The molecule has 1 aromatic heterocycles. The normalized spacial score (nSPS) is 7.38. The maximum Gasteiger partial charge on any atom is 0.180 e. The summed E-state index contributed by atoms with van der Waals surface area (Å²) in [5.74, 6) is 0.856. The van der Waals surface area contributed by atoms with Gasteiger partial charge in [-0.25, -0.2) is 4.98 Å². The summed E-state index contributed by atoms with van der Waals surface area (Å²) in [7, 11) is 0. The van der Waals surface area contributed by atoms with Crippen LogP contribution in [0.2, 0.25) is 0 Å². The van der Waals surface area contributed by atoms with E-state index < -0.39 is 0 Å². The highest BCUT2D eigenvalue weighted by molar-refractivity contribution is 4.80. The zero-order valence-electron chi connectivity index (χ0n) is 5.51. The fraction of sp³-hybridized carbons (Fsp3) is 0.500. The van der Waals surface area contributed by atoms with Gasteiger partial charge in [-0.15, -0.1) is 0 Å². The molecule has 0 aliphatic carbocycles. The van der Waals surface area contributed by atoms with Gasteiger partial charge < -0.3 is 4.42 Å². The zero-order valence-corrected chi connectivity index (χ0v) is 5.51. The average molecular weight is 113 g/mol. The Bertz CT molecular complexity index is 112. The second-order valence-corrected chi connectivity index (χ2v) is 1.11. The van der Waals surface area contributed by atoms with Crippen LogP contribution in [0.15, 0.2) is 17.0 Å². The molecule has 0 saturated heterocycles. The van der Waals surface area contributed by atoms with Crippen molar-refractivity contribution in [3.8, 4) is 0 Å². The van der Waals surface area contributed by atoms with E-state index in [1.807, 2.05) is 20.8 Å². The fourth-order valence-electron chi connectivity index (χ4n) is 0.279. The number of hydrogen-bond acceptors (Lipinski definition) is 2. The summed E-state index contributed by atoms with van der Waals surface area (Å²) in [6.07, 6.45) is 3.08. The van der Waals surface area contributed by atoms with Gasteiger partial charge in [0.25, 0.3) is 0 Å². The van der Waals surface area contributed by atoms with Crippen LogP contribution in [0.3, 0.4) is 0 Å². The van der Waals surface area contributed by atoms with Crippen LogP contribution in [0.25, 0.3) is 0 Å². The molecular formula is C6H11NO. The van der Waals surface area contributed by atoms with Crippen LogP contribution in [-0.4, -0.2) is 4.98 Å². The molecule has 8 heavy (non-hydrogen) atoms. The van der Waals surface area contributed by atoms with E-state index in [4.69, 9.17) is 4.42 Å². The van der Waals surface area contributed by atoms with Gasteiger partial charge in [0.2, 0.25) is 0 Å². The van der Waals surface area contributed by atoms with Gasteiger partial charge in [0, 0.05) is 0 Å². The Morgan fingerprint density at radius 3 is 2.25 bits per heavy atom. The predicted octanol–water partition coefficient (Wildman–Crippen LogP) is 2.01. The maximum atomic E-state index is 4.72. The molecular weight excluding hydrogens is 102 g/mol. The smallest absolute Gasteiger partial charge is 0.180 e. The van der Waals surface area contributed by atoms with Gasteiger partial charge in [0.15, 0.2) is 6.39 Å². The van der Waals surface area contributed by atoms with Crippen LogP contribution < -0.4 is 0 Å². The van der Waals surface area contributed by atoms with Crippen LogP contribution in [-0.2, 0) is 0 Å². The third-order valence-electron chi connectivity index (χ3n) is 0.556. The molecule has 2 heteroatoms. The summed E-state index contributed by atoms with van der Waals surface area (Å²) in [6, 6.07) is 0. The molecule has 1 heterocycles. The Morgan fingerprint density at radius 2 is 2.12 bits per heavy atom. The molecule has 0 spiro atoms. The quantitative estimate of drug-likeness (QED) is 0.514. The van der Waals surface area contributed by atoms with E-state index in [2.05, 4.69) is 4.98 Å². The molecule has 0 aliphatic rings. The van der Waals surface area contributed by atoms with E-state index in [1.54, 1.807) is 6.20 Å². The lowest BCUT2D eigenvalue weighted by Gasteiger charge is -1.66. The van der Waals surface area contributed by atoms with Crippen LogP contribution in [0.5, 0.6) is 0 Å². The van der Waals surface area contributed by atoms with Gasteiger partial charge in [-0.05, 0) is 6.92 Å². The summed E-state index contributed by atoms with van der Waals surface area (Å²) in [5.41, 5.74) is 0. The first kappa shape index (κ1) is 7.21.